The first-order valence-corrected chi connectivity index (χ1v) is 8.27. The fourth-order valence-electron chi connectivity index (χ4n) is 2.41. The number of rotatable bonds is 3. The zero-order chi connectivity index (χ0) is 16.6. The molecule has 0 aliphatic carbocycles. The van der Waals surface area contributed by atoms with E-state index in [0.717, 1.165) is 0 Å². The SMILES string of the molecule is Cl.Cn1nc(-c2cccc(NS(N)(=O)=O)c2)c2ccccc2c1=O. The molecule has 0 bridgehead atoms. The quantitative estimate of drug-likeness (QED) is 0.734. The summed E-state index contributed by atoms with van der Waals surface area (Å²) in [5.41, 5.74) is 1.39. The molecule has 3 rings (SSSR count). The van der Waals surface area contributed by atoms with Crippen molar-refractivity contribution in [1.82, 2.24) is 9.78 Å². The van der Waals surface area contributed by atoms with Gasteiger partial charge in [0.15, 0.2) is 0 Å². The van der Waals surface area contributed by atoms with Gasteiger partial charge < -0.3 is 0 Å². The van der Waals surface area contributed by atoms with Gasteiger partial charge in [0.25, 0.3) is 15.8 Å². The van der Waals surface area contributed by atoms with Gasteiger partial charge in [-0.15, -0.1) is 12.4 Å². The third kappa shape index (κ3) is 3.56. The molecule has 0 fully saturated rings. The molecule has 9 heteroatoms. The van der Waals surface area contributed by atoms with Crippen LogP contribution in [0.25, 0.3) is 22.0 Å². The van der Waals surface area contributed by atoms with Gasteiger partial charge in [-0.05, 0) is 18.2 Å². The summed E-state index contributed by atoms with van der Waals surface area (Å²) < 4.78 is 25.8. The first-order valence-electron chi connectivity index (χ1n) is 6.72. The van der Waals surface area contributed by atoms with Gasteiger partial charge in [-0.2, -0.15) is 13.5 Å². The summed E-state index contributed by atoms with van der Waals surface area (Å²) in [5.74, 6) is 0. The summed E-state index contributed by atoms with van der Waals surface area (Å²) in [6.45, 7) is 0. The molecule has 0 saturated heterocycles. The van der Waals surface area contributed by atoms with Crippen LogP contribution in [0.2, 0.25) is 0 Å². The Balaban J connectivity index is 0.00000208. The Morgan fingerprint density at radius 2 is 1.75 bits per heavy atom. The van der Waals surface area contributed by atoms with Gasteiger partial charge in [0.05, 0.1) is 16.8 Å². The van der Waals surface area contributed by atoms with Crippen LogP contribution in [0.4, 0.5) is 5.69 Å². The van der Waals surface area contributed by atoms with Crippen LogP contribution in [-0.4, -0.2) is 18.2 Å². The van der Waals surface area contributed by atoms with Crippen LogP contribution in [0.15, 0.2) is 53.3 Å². The maximum absolute atomic E-state index is 12.2. The topological polar surface area (TPSA) is 107 Å². The molecule has 1 heterocycles. The second-order valence-corrected chi connectivity index (χ2v) is 6.34. The molecule has 0 unspecified atom stereocenters. The maximum atomic E-state index is 12.2. The zero-order valence-electron chi connectivity index (χ0n) is 12.6. The number of halogens is 1. The Morgan fingerprint density at radius 1 is 1.08 bits per heavy atom. The minimum atomic E-state index is -3.86. The van der Waals surface area contributed by atoms with Gasteiger partial charge in [-0.3, -0.25) is 9.52 Å². The molecule has 3 aromatic rings. The van der Waals surface area contributed by atoms with E-state index in [1.54, 1.807) is 49.5 Å². The smallest absolute Gasteiger partial charge is 0.271 e. The number of fused-ring (bicyclic) bond motifs is 1. The van der Waals surface area contributed by atoms with E-state index >= 15 is 0 Å². The molecule has 0 aliphatic heterocycles. The van der Waals surface area contributed by atoms with Crippen molar-refractivity contribution in [2.45, 2.75) is 0 Å². The molecule has 126 valence electrons. The lowest BCUT2D eigenvalue weighted by molar-refractivity contribution is 0.603. The van der Waals surface area contributed by atoms with Crippen LogP contribution in [-0.2, 0) is 17.3 Å². The van der Waals surface area contributed by atoms with Crippen molar-refractivity contribution in [3.8, 4) is 11.3 Å². The first-order chi connectivity index (χ1) is 10.8. The van der Waals surface area contributed by atoms with Crippen LogP contribution in [0, 0.1) is 0 Å². The van der Waals surface area contributed by atoms with Crippen molar-refractivity contribution < 1.29 is 8.42 Å². The van der Waals surface area contributed by atoms with E-state index in [4.69, 9.17) is 5.14 Å². The molecule has 0 radical (unpaired) electrons. The third-order valence-corrected chi connectivity index (χ3v) is 3.87. The Bertz CT molecular complexity index is 1060. The fraction of sp³-hybridized carbons (Fsp3) is 0.0667. The lowest BCUT2D eigenvalue weighted by Crippen LogP contribution is -2.22. The fourth-order valence-corrected chi connectivity index (χ4v) is 2.86. The first kappa shape index (κ1) is 17.9. The lowest BCUT2D eigenvalue weighted by atomic mass is 10.0. The summed E-state index contributed by atoms with van der Waals surface area (Å²) >= 11 is 0. The number of aromatic nitrogens is 2. The van der Waals surface area contributed by atoms with Crippen molar-refractivity contribution in [3.05, 3.63) is 58.9 Å². The van der Waals surface area contributed by atoms with Gasteiger partial charge in [0.2, 0.25) is 0 Å². The van der Waals surface area contributed by atoms with E-state index in [1.807, 2.05) is 6.07 Å². The highest BCUT2D eigenvalue weighted by molar-refractivity contribution is 7.90. The highest BCUT2D eigenvalue weighted by atomic mass is 35.5. The second-order valence-electron chi connectivity index (χ2n) is 5.05. The van der Waals surface area contributed by atoms with Crippen molar-refractivity contribution in [1.29, 1.82) is 0 Å². The number of nitrogens with zero attached hydrogens (tertiary/aromatic N) is 2. The molecule has 7 nitrogen and oxygen atoms in total. The molecular formula is C15H15ClN4O3S. The van der Waals surface area contributed by atoms with Crippen molar-refractivity contribution in [2.75, 3.05) is 4.72 Å². The molecule has 0 atom stereocenters. The van der Waals surface area contributed by atoms with E-state index in [2.05, 4.69) is 9.82 Å². The summed E-state index contributed by atoms with van der Waals surface area (Å²) in [6, 6.07) is 13.8. The van der Waals surface area contributed by atoms with Crippen molar-refractivity contribution in [3.63, 3.8) is 0 Å². The molecule has 0 saturated carbocycles. The number of benzene rings is 2. The second kappa shape index (κ2) is 6.60. The van der Waals surface area contributed by atoms with Gasteiger partial charge in [0.1, 0.15) is 0 Å². The maximum Gasteiger partial charge on any atom is 0.296 e. The predicted molar refractivity (Wildman–Crippen MR) is 96.4 cm³/mol. The minimum absolute atomic E-state index is 0. The largest absolute Gasteiger partial charge is 0.296 e. The Labute approximate surface area is 144 Å². The number of nitrogens with one attached hydrogen (secondary N) is 1. The number of nitrogens with two attached hydrogens (primary N) is 1. The van der Waals surface area contributed by atoms with Crippen LogP contribution >= 0.6 is 12.4 Å². The number of hydrogen-bond donors (Lipinski definition) is 2. The van der Waals surface area contributed by atoms with E-state index in [9.17, 15) is 13.2 Å². The van der Waals surface area contributed by atoms with E-state index in [-0.39, 0.29) is 18.0 Å². The van der Waals surface area contributed by atoms with E-state index < -0.39 is 10.2 Å². The molecule has 1 aromatic heterocycles. The average Bonchev–Trinajstić information content (AvgIpc) is 2.49. The minimum Gasteiger partial charge on any atom is -0.271 e. The molecule has 0 aliphatic rings. The summed E-state index contributed by atoms with van der Waals surface area (Å²) in [5, 5.41) is 10.5. The molecule has 24 heavy (non-hydrogen) atoms. The van der Waals surface area contributed by atoms with Gasteiger partial charge >= 0.3 is 0 Å². The normalized spacial score (nSPS) is 11.1. The van der Waals surface area contributed by atoms with Crippen molar-refractivity contribution in [2.24, 2.45) is 12.2 Å². The van der Waals surface area contributed by atoms with E-state index in [1.165, 1.54) is 4.68 Å². The standard InChI is InChI=1S/C15H14N4O3S.ClH/c1-19-15(20)13-8-3-2-7-12(13)14(17-19)10-5-4-6-11(9-10)18-23(16,21)22;/h2-9,18H,1H3,(H2,16,21,22);1H. The van der Waals surface area contributed by atoms with Crippen LogP contribution in [0.3, 0.4) is 0 Å². The van der Waals surface area contributed by atoms with Gasteiger partial charge in [0, 0.05) is 18.0 Å². The molecule has 0 spiro atoms. The molecular weight excluding hydrogens is 352 g/mol. The van der Waals surface area contributed by atoms with Crippen LogP contribution in [0.1, 0.15) is 0 Å². The Morgan fingerprint density at radius 3 is 2.42 bits per heavy atom. The predicted octanol–water partition coefficient (Wildman–Crippen LogP) is 1.64. The number of hydrogen-bond acceptors (Lipinski definition) is 4. The Hall–Kier alpha value is -2.42. The highest BCUT2D eigenvalue weighted by Gasteiger charge is 2.11. The number of aryl methyl sites for hydroxylation is 1. The van der Waals surface area contributed by atoms with Crippen LogP contribution in [0.5, 0.6) is 0 Å². The van der Waals surface area contributed by atoms with Gasteiger partial charge in [-0.25, -0.2) is 9.82 Å². The summed E-state index contributed by atoms with van der Waals surface area (Å²) in [6.07, 6.45) is 0. The summed E-state index contributed by atoms with van der Waals surface area (Å²) in [7, 11) is -2.28. The van der Waals surface area contributed by atoms with E-state index in [0.29, 0.717) is 27.7 Å². The zero-order valence-corrected chi connectivity index (χ0v) is 14.3. The molecule has 2 aromatic carbocycles. The van der Waals surface area contributed by atoms with Crippen LogP contribution < -0.4 is 15.4 Å². The monoisotopic (exact) mass is 366 g/mol. The number of anilines is 1. The molecule has 3 N–H and O–H groups in total. The highest BCUT2D eigenvalue weighted by Crippen LogP contribution is 2.26. The van der Waals surface area contributed by atoms with Gasteiger partial charge in [-0.1, -0.05) is 30.3 Å². The average molecular weight is 367 g/mol. The third-order valence-electron chi connectivity index (χ3n) is 3.35. The lowest BCUT2D eigenvalue weighted by Gasteiger charge is -2.10. The van der Waals surface area contributed by atoms with Crippen molar-refractivity contribution >= 4 is 39.1 Å². The Kier molecular flexibility index (Phi) is 4.93. The summed E-state index contributed by atoms with van der Waals surface area (Å²) in [4.78, 5) is 12.2. The molecule has 0 amide bonds.